The highest BCUT2D eigenvalue weighted by atomic mass is 16.4. The molecular formula is C63H84N16O8. The molecule has 0 saturated carbocycles. The van der Waals surface area contributed by atoms with E-state index in [2.05, 4.69) is 79.2 Å². The van der Waals surface area contributed by atoms with E-state index in [1.165, 1.54) is 25.0 Å². The van der Waals surface area contributed by atoms with E-state index in [1.54, 1.807) is 0 Å². The largest absolute Gasteiger partial charge is 0.511 e. The molecule has 24 heteroatoms. The number of aliphatic hydroxyl groups is 1. The van der Waals surface area contributed by atoms with Crippen LogP contribution in [-0.4, -0.2) is 133 Å². The van der Waals surface area contributed by atoms with Crippen LogP contribution in [0.5, 0.6) is 0 Å². The molecule has 6 aliphatic rings. The van der Waals surface area contributed by atoms with E-state index in [0.29, 0.717) is 92.9 Å². The van der Waals surface area contributed by atoms with Crippen LogP contribution in [0.4, 0.5) is 0 Å². The zero-order valence-electron chi connectivity index (χ0n) is 50.4. The number of carboxylic acids is 1. The number of allylic oxidation sites excluding steroid dienone is 12. The van der Waals surface area contributed by atoms with Crippen LogP contribution in [0.25, 0.3) is 0 Å². The Labute approximate surface area is 506 Å². The minimum atomic E-state index is -1.31. The van der Waals surface area contributed by atoms with Crippen molar-refractivity contribution in [1.82, 2.24) is 51.8 Å². The third-order valence-electron chi connectivity index (χ3n) is 17.0. The number of nitrogens with one attached hydrogen (secondary N) is 8. The lowest BCUT2D eigenvalue weighted by atomic mass is 9.86. The van der Waals surface area contributed by atoms with Crippen LogP contribution in [0, 0.1) is 11.8 Å². The normalized spacial score (nSPS) is 19.5. The Kier molecular flexibility index (Phi) is 22.0. The Morgan fingerprint density at radius 2 is 1.22 bits per heavy atom. The van der Waals surface area contributed by atoms with Gasteiger partial charge in [0.05, 0.1) is 46.9 Å². The zero-order chi connectivity index (χ0) is 62.5. The maximum Gasteiger partial charge on any atom is 0.326 e. The number of carbonyl (C=O) groups is 6. The Morgan fingerprint density at radius 3 is 1.76 bits per heavy atom. The van der Waals surface area contributed by atoms with Crippen molar-refractivity contribution < 1.29 is 39.0 Å². The number of fused-ring (bicyclic) bond motifs is 5. The average Bonchev–Trinajstić information content (AvgIpc) is 1.62. The number of hydrogen-bond acceptors (Lipinski definition) is 16. The van der Waals surface area contributed by atoms with Gasteiger partial charge in [0.2, 0.25) is 29.5 Å². The van der Waals surface area contributed by atoms with Crippen molar-refractivity contribution in [1.29, 1.82) is 0 Å². The molecule has 87 heavy (non-hydrogen) atoms. The van der Waals surface area contributed by atoms with E-state index in [4.69, 9.17) is 32.2 Å². The number of nitrogens with zero attached hydrogens (tertiary/aromatic N) is 5. The van der Waals surface area contributed by atoms with Crippen molar-refractivity contribution in [2.45, 2.75) is 161 Å². The molecule has 8 rings (SSSR count). The molecule has 7 atom stereocenters. The first-order valence-electron chi connectivity index (χ1n) is 30.3. The monoisotopic (exact) mass is 1190 g/mol. The van der Waals surface area contributed by atoms with Gasteiger partial charge in [-0.2, -0.15) is 0 Å². The number of unbranched alkanes of at least 4 members (excludes halogenated alkanes) is 3. The number of aliphatic hydroxyl groups excluding tert-OH is 1. The summed E-state index contributed by atoms with van der Waals surface area (Å²) in [6.45, 7) is 15.4. The molecule has 0 spiro atoms. The molecule has 0 radical (unpaired) electrons. The molecule has 1 saturated heterocycles. The summed E-state index contributed by atoms with van der Waals surface area (Å²) < 4.78 is 0. The predicted molar refractivity (Wildman–Crippen MR) is 332 cm³/mol. The zero-order valence-corrected chi connectivity index (χ0v) is 50.4. The number of aromatic nitrogens is 4. The first-order chi connectivity index (χ1) is 41.9. The first kappa shape index (κ1) is 64.4. The van der Waals surface area contributed by atoms with Gasteiger partial charge in [-0.25, -0.2) is 29.7 Å². The molecule has 1 fully saturated rings. The van der Waals surface area contributed by atoms with Crippen LogP contribution >= 0.6 is 0 Å². The lowest BCUT2D eigenvalue weighted by molar-refractivity contribution is -0.142. The smallest absolute Gasteiger partial charge is 0.326 e. The average molecular weight is 1190 g/mol. The number of amides is 5. The first-order valence-corrected chi connectivity index (χ1v) is 30.3. The van der Waals surface area contributed by atoms with Gasteiger partial charge in [0, 0.05) is 89.4 Å². The van der Waals surface area contributed by atoms with Gasteiger partial charge in [0.1, 0.15) is 36.0 Å². The van der Waals surface area contributed by atoms with Gasteiger partial charge >= 0.3 is 5.97 Å². The second-order valence-electron chi connectivity index (χ2n) is 22.9. The number of imidazole rings is 2. The van der Waals surface area contributed by atoms with E-state index in [-0.39, 0.29) is 62.5 Å². The fourth-order valence-electron chi connectivity index (χ4n) is 11.9. The van der Waals surface area contributed by atoms with E-state index >= 15 is 0 Å². The molecule has 2 aromatic heterocycles. The fourth-order valence-corrected chi connectivity index (χ4v) is 11.9. The second kappa shape index (κ2) is 29.7. The van der Waals surface area contributed by atoms with Gasteiger partial charge in [-0.1, -0.05) is 26.5 Å². The third kappa shape index (κ3) is 15.3. The summed E-state index contributed by atoms with van der Waals surface area (Å²) in [6, 6.07) is -6.22. The highest BCUT2D eigenvalue weighted by molar-refractivity contribution is 6.21. The van der Waals surface area contributed by atoms with E-state index in [1.807, 2.05) is 38.2 Å². The molecule has 2 aromatic rings. The van der Waals surface area contributed by atoms with Crippen LogP contribution < -0.4 is 49.1 Å². The van der Waals surface area contributed by atoms with Gasteiger partial charge < -0.3 is 69.3 Å². The molecule has 16 N–H and O–H groups in total. The highest BCUT2D eigenvalue weighted by Gasteiger charge is 2.42. The third-order valence-corrected chi connectivity index (χ3v) is 17.0. The quantitative estimate of drug-likeness (QED) is 0.0464. The number of aliphatic carboxylic acids is 1. The molecule has 5 aliphatic heterocycles. The van der Waals surface area contributed by atoms with Crippen molar-refractivity contribution >= 4 is 52.6 Å². The molecular weight excluding hydrogens is 1110 g/mol. The molecule has 7 heterocycles. The summed E-state index contributed by atoms with van der Waals surface area (Å²) in [7, 11) is 0. The minimum Gasteiger partial charge on any atom is -0.511 e. The molecule has 1 aliphatic carbocycles. The number of carboxylic acid groups (broad SMARTS) is 1. The standard InChI is InChI=1S/C63H84N16O8/c1-7-39-33(3)46-26-48-35(5)41(57(74-48)42-25-54(80)56-36(6)49(75-58(42)56)28-51-40(8-2)34(4)47(72-51)27-50(39)71-46)18-19-55(81)73-43(15-9-12-20-64)59(82)78-52(23-37-29-67-31-69-37)61(84)76-44(16-10-13-21-65)60(83)79-53(24-38-30-68-32-70-38)62(85)77-45(63(86)87)17-11-14-22-66/h7,26-32,35,41,43-45,52-53,74,80H,1,8-25,64-66H2,2-6H3,(H,67,69)(H,68,70)(H,73,81)(H,76,84)(H,77,85)(H,78,82)(H,79,83)(H,86,87)/t35-,41-,43-,44-,45-,52-,53-/m0/s1. The molecule has 0 unspecified atom stereocenters. The SMILES string of the molecule is C=CC1=C(C)C2=NC1=CC1=NC(=CC3=C(C)C4=C(O)CC(=C5NC(=C2)[C@@H](C)[C@@H]5CCC(=O)N[C@@H](CCCCN)C(=O)N[C@@H](Cc2cnc[nH]2)C(=O)N[C@@H](CCCCN)C(=O)N[C@@H](Cc2cnc[nH]2)C(=O)N[C@@H](CCCCN)C(=O)O)C4=N3)C(CC)=C1C. The number of carbonyl (C=O) groups excluding carboxylic acids is 5. The second-order valence-corrected chi connectivity index (χ2v) is 22.9. The van der Waals surface area contributed by atoms with Gasteiger partial charge in [0.25, 0.3) is 0 Å². The van der Waals surface area contributed by atoms with E-state index < -0.39 is 65.7 Å². The Morgan fingerprint density at radius 1 is 0.690 bits per heavy atom. The maximum absolute atomic E-state index is 14.7. The predicted octanol–water partition coefficient (Wildman–Crippen LogP) is 4.45. The van der Waals surface area contributed by atoms with Crippen molar-refractivity contribution in [3.8, 4) is 0 Å². The van der Waals surface area contributed by atoms with Crippen molar-refractivity contribution in [2.24, 2.45) is 44.0 Å². The van der Waals surface area contributed by atoms with Crippen LogP contribution in [0.2, 0.25) is 0 Å². The van der Waals surface area contributed by atoms with Gasteiger partial charge in [-0.3, -0.25) is 24.0 Å². The lowest BCUT2D eigenvalue weighted by Gasteiger charge is -2.27. The van der Waals surface area contributed by atoms with Crippen molar-refractivity contribution in [2.75, 3.05) is 19.6 Å². The van der Waals surface area contributed by atoms with Crippen molar-refractivity contribution in [3.05, 3.63) is 141 Å². The highest BCUT2D eigenvalue weighted by Crippen LogP contribution is 2.46. The molecule has 5 amide bonds. The summed E-state index contributed by atoms with van der Waals surface area (Å²) in [5.41, 5.74) is 30.9. The number of rotatable bonds is 31. The number of H-pyrrole nitrogens is 2. The molecule has 24 nitrogen and oxygen atoms in total. The number of nitrogens with two attached hydrogens (primary N) is 3. The van der Waals surface area contributed by atoms with Crippen LogP contribution in [0.15, 0.2) is 144 Å². The molecule has 8 bridgehead atoms. The Bertz CT molecular complexity index is 3350. The van der Waals surface area contributed by atoms with Gasteiger partial charge in [-0.15, -0.1) is 0 Å². The summed E-state index contributed by atoms with van der Waals surface area (Å²) in [6.07, 6.45) is 18.1. The Hall–Kier alpha value is -8.61. The summed E-state index contributed by atoms with van der Waals surface area (Å²) in [5.74, 6) is -4.78. The van der Waals surface area contributed by atoms with E-state index in [9.17, 15) is 39.0 Å². The fraction of sp³-hybridized carbons (Fsp3) is 0.476. The summed E-state index contributed by atoms with van der Waals surface area (Å²) >= 11 is 0. The topological polar surface area (TPSA) is 388 Å². The van der Waals surface area contributed by atoms with Crippen molar-refractivity contribution in [3.63, 3.8) is 0 Å². The van der Waals surface area contributed by atoms with Crippen LogP contribution in [0.3, 0.4) is 0 Å². The van der Waals surface area contributed by atoms with Crippen LogP contribution in [0.1, 0.15) is 129 Å². The molecule has 464 valence electrons. The number of hydrogen-bond donors (Lipinski definition) is 13. The maximum atomic E-state index is 14.7. The van der Waals surface area contributed by atoms with Gasteiger partial charge in [-0.05, 0) is 152 Å². The summed E-state index contributed by atoms with van der Waals surface area (Å²) in [4.78, 5) is 114. The Balaban J connectivity index is 1.03. The number of aliphatic imine (C=N–C) groups is 3. The minimum absolute atomic E-state index is 0.00392. The van der Waals surface area contributed by atoms with Gasteiger partial charge in [0.15, 0.2) is 0 Å². The summed E-state index contributed by atoms with van der Waals surface area (Å²) in [5, 5.41) is 39.3. The lowest BCUT2D eigenvalue weighted by Crippen LogP contribution is -2.59. The van der Waals surface area contributed by atoms with E-state index in [0.717, 1.165) is 74.1 Å². The number of aromatic amines is 2. The molecule has 0 aromatic carbocycles. The van der Waals surface area contributed by atoms with Crippen LogP contribution in [-0.2, 0) is 41.6 Å².